The lowest BCUT2D eigenvalue weighted by Crippen LogP contribution is -2.08. The van der Waals surface area contributed by atoms with Crippen LogP contribution in [0.1, 0.15) is 26.3 Å². The minimum atomic E-state index is 0.330. The van der Waals surface area contributed by atoms with Gasteiger partial charge in [-0.15, -0.1) is 5.10 Å². The molecular formula is C11H14N2S. The summed E-state index contributed by atoms with van der Waals surface area (Å²) in [5.41, 5.74) is 2.70. The van der Waals surface area contributed by atoms with Gasteiger partial charge in [-0.2, -0.15) is 0 Å². The molecule has 0 spiro atoms. The van der Waals surface area contributed by atoms with E-state index in [0.29, 0.717) is 5.41 Å². The van der Waals surface area contributed by atoms with E-state index in [0.717, 1.165) is 11.9 Å². The highest BCUT2D eigenvalue weighted by Gasteiger charge is 2.11. The molecule has 0 aliphatic rings. The smallest absolute Gasteiger partial charge is 0.106 e. The van der Waals surface area contributed by atoms with Gasteiger partial charge in [0, 0.05) is 0 Å². The van der Waals surface area contributed by atoms with Gasteiger partial charge < -0.3 is 0 Å². The van der Waals surface area contributed by atoms with E-state index in [1.54, 1.807) is 0 Å². The molecule has 0 radical (unpaired) electrons. The SMILES string of the molecule is CC(C)(C)Cc1ccc2snnc2c1. The van der Waals surface area contributed by atoms with E-state index < -0.39 is 0 Å². The zero-order valence-electron chi connectivity index (χ0n) is 8.74. The van der Waals surface area contributed by atoms with E-state index in [2.05, 4.69) is 48.6 Å². The van der Waals surface area contributed by atoms with Crippen molar-refractivity contribution in [2.75, 3.05) is 0 Å². The molecule has 1 heterocycles. The molecule has 0 aliphatic carbocycles. The summed E-state index contributed by atoms with van der Waals surface area (Å²) in [4.78, 5) is 0. The topological polar surface area (TPSA) is 25.8 Å². The minimum absolute atomic E-state index is 0.330. The number of nitrogens with zero attached hydrogens (tertiary/aromatic N) is 2. The first-order valence-electron chi connectivity index (χ1n) is 4.76. The first-order chi connectivity index (χ1) is 6.54. The monoisotopic (exact) mass is 206 g/mol. The molecule has 2 aromatic rings. The van der Waals surface area contributed by atoms with Crippen LogP contribution in [0.25, 0.3) is 10.2 Å². The Morgan fingerprint density at radius 1 is 1.29 bits per heavy atom. The zero-order chi connectivity index (χ0) is 10.2. The van der Waals surface area contributed by atoms with Crippen molar-refractivity contribution < 1.29 is 0 Å². The highest BCUT2D eigenvalue weighted by Crippen LogP contribution is 2.23. The van der Waals surface area contributed by atoms with Crippen molar-refractivity contribution >= 4 is 21.7 Å². The average molecular weight is 206 g/mol. The fourth-order valence-corrected chi connectivity index (χ4v) is 2.09. The molecule has 14 heavy (non-hydrogen) atoms. The van der Waals surface area contributed by atoms with E-state index in [1.807, 2.05) is 0 Å². The summed E-state index contributed by atoms with van der Waals surface area (Å²) in [6.07, 6.45) is 1.08. The summed E-state index contributed by atoms with van der Waals surface area (Å²) in [5.74, 6) is 0. The van der Waals surface area contributed by atoms with Gasteiger partial charge in [0.2, 0.25) is 0 Å². The Bertz CT molecular complexity index is 440. The van der Waals surface area contributed by atoms with Crippen LogP contribution in [0, 0.1) is 5.41 Å². The van der Waals surface area contributed by atoms with E-state index in [-0.39, 0.29) is 0 Å². The van der Waals surface area contributed by atoms with Gasteiger partial charge in [-0.25, -0.2) is 0 Å². The molecule has 0 saturated heterocycles. The Kier molecular flexibility index (Phi) is 2.27. The lowest BCUT2D eigenvalue weighted by Gasteiger charge is -2.17. The van der Waals surface area contributed by atoms with Gasteiger partial charge >= 0.3 is 0 Å². The first-order valence-corrected chi connectivity index (χ1v) is 5.53. The predicted octanol–water partition coefficient (Wildman–Crippen LogP) is 3.28. The number of hydrogen-bond donors (Lipinski definition) is 0. The number of fused-ring (bicyclic) bond motifs is 1. The van der Waals surface area contributed by atoms with Crippen LogP contribution in [0.3, 0.4) is 0 Å². The van der Waals surface area contributed by atoms with Gasteiger partial charge in [-0.05, 0) is 41.1 Å². The van der Waals surface area contributed by atoms with Crippen molar-refractivity contribution in [1.29, 1.82) is 0 Å². The largest absolute Gasteiger partial charge is 0.138 e. The summed E-state index contributed by atoms with van der Waals surface area (Å²) in [5, 5.41) is 4.08. The molecular weight excluding hydrogens is 192 g/mol. The Balaban J connectivity index is 2.35. The van der Waals surface area contributed by atoms with Crippen LogP contribution in [0.4, 0.5) is 0 Å². The fraction of sp³-hybridized carbons (Fsp3) is 0.455. The molecule has 0 bridgehead atoms. The third-order valence-electron chi connectivity index (χ3n) is 2.05. The van der Waals surface area contributed by atoms with Gasteiger partial charge in [0.05, 0.1) is 4.70 Å². The van der Waals surface area contributed by atoms with E-state index in [1.165, 1.54) is 21.8 Å². The maximum Gasteiger partial charge on any atom is 0.106 e. The van der Waals surface area contributed by atoms with Crippen LogP contribution in [0.2, 0.25) is 0 Å². The summed E-state index contributed by atoms with van der Waals surface area (Å²) in [6.45, 7) is 6.74. The average Bonchev–Trinajstić information content (AvgIpc) is 2.47. The molecule has 0 unspecified atom stereocenters. The predicted molar refractivity (Wildman–Crippen MR) is 60.6 cm³/mol. The van der Waals surface area contributed by atoms with Crippen LogP contribution >= 0.6 is 11.5 Å². The standard InChI is InChI=1S/C11H14N2S/c1-11(2,3)7-8-4-5-10-9(6-8)12-13-14-10/h4-6H,7H2,1-3H3. The van der Waals surface area contributed by atoms with Gasteiger partial charge in [-0.3, -0.25) is 0 Å². The highest BCUT2D eigenvalue weighted by atomic mass is 32.1. The third-order valence-corrected chi connectivity index (χ3v) is 2.75. The molecule has 74 valence electrons. The summed E-state index contributed by atoms with van der Waals surface area (Å²) in [6, 6.07) is 6.43. The summed E-state index contributed by atoms with van der Waals surface area (Å²) >= 11 is 1.45. The van der Waals surface area contributed by atoms with Crippen LogP contribution in [-0.2, 0) is 6.42 Å². The van der Waals surface area contributed by atoms with Crippen molar-refractivity contribution in [3.63, 3.8) is 0 Å². The van der Waals surface area contributed by atoms with Crippen LogP contribution in [0.15, 0.2) is 18.2 Å². The third kappa shape index (κ3) is 2.10. The highest BCUT2D eigenvalue weighted by molar-refractivity contribution is 7.12. The first kappa shape index (κ1) is 9.59. The zero-order valence-corrected chi connectivity index (χ0v) is 9.56. The lowest BCUT2D eigenvalue weighted by atomic mass is 9.88. The number of hydrogen-bond acceptors (Lipinski definition) is 3. The van der Waals surface area contributed by atoms with Gasteiger partial charge in [0.15, 0.2) is 0 Å². The Morgan fingerprint density at radius 2 is 2.07 bits per heavy atom. The number of rotatable bonds is 1. The van der Waals surface area contributed by atoms with Crippen LogP contribution < -0.4 is 0 Å². The molecule has 0 saturated carbocycles. The molecule has 1 aromatic carbocycles. The van der Waals surface area contributed by atoms with E-state index in [9.17, 15) is 0 Å². The van der Waals surface area contributed by atoms with Crippen molar-refractivity contribution in [3.8, 4) is 0 Å². The summed E-state index contributed by atoms with van der Waals surface area (Å²) < 4.78 is 5.10. The second-order valence-electron chi connectivity index (χ2n) is 4.81. The fourth-order valence-electron chi connectivity index (χ4n) is 1.55. The van der Waals surface area contributed by atoms with E-state index >= 15 is 0 Å². The second kappa shape index (κ2) is 3.31. The quantitative estimate of drug-likeness (QED) is 0.715. The normalized spacial score (nSPS) is 12.2. The Morgan fingerprint density at radius 3 is 2.79 bits per heavy atom. The molecule has 3 heteroatoms. The molecule has 2 nitrogen and oxygen atoms in total. The van der Waals surface area contributed by atoms with Crippen molar-refractivity contribution in [2.45, 2.75) is 27.2 Å². The van der Waals surface area contributed by atoms with Crippen molar-refractivity contribution in [1.82, 2.24) is 9.59 Å². The Hall–Kier alpha value is -0.960. The molecule has 2 rings (SSSR count). The second-order valence-corrected chi connectivity index (χ2v) is 5.60. The molecule has 1 aromatic heterocycles. The van der Waals surface area contributed by atoms with Crippen molar-refractivity contribution in [3.05, 3.63) is 23.8 Å². The molecule has 0 amide bonds. The number of aromatic nitrogens is 2. The van der Waals surface area contributed by atoms with Gasteiger partial charge in [0.25, 0.3) is 0 Å². The van der Waals surface area contributed by atoms with Crippen LogP contribution in [0.5, 0.6) is 0 Å². The lowest BCUT2D eigenvalue weighted by molar-refractivity contribution is 0.411. The van der Waals surface area contributed by atoms with Crippen molar-refractivity contribution in [2.24, 2.45) is 5.41 Å². The molecule has 0 N–H and O–H groups in total. The number of benzene rings is 1. The van der Waals surface area contributed by atoms with E-state index in [4.69, 9.17) is 0 Å². The maximum absolute atomic E-state index is 4.08. The Labute approximate surface area is 88.1 Å². The van der Waals surface area contributed by atoms with Crippen LogP contribution in [-0.4, -0.2) is 9.59 Å². The van der Waals surface area contributed by atoms with Gasteiger partial charge in [0.1, 0.15) is 5.52 Å². The molecule has 0 atom stereocenters. The minimum Gasteiger partial charge on any atom is -0.138 e. The summed E-state index contributed by atoms with van der Waals surface area (Å²) in [7, 11) is 0. The molecule has 0 aliphatic heterocycles. The maximum atomic E-state index is 4.08. The molecule has 0 fully saturated rings. The van der Waals surface area contributed by atoms with Gasteiger partial charge in [-0.1, -0.05) is 31.3 Å².